The van der Waals surface area contributed by atoms with Gasteiger partial charge in [0.1, 0.15) is 36.8 Å². The van der Waals surface area contributed by atoms with Gasteiger partial charge < -0.3 is 24.3 Å². The van der Waals surface area contributed by atoms with Gasteiger partial charge in [0.05, 0.1) is 43.6 Å². The van der Waals surface area contributed by atoms with E-state index < -0.39 is 0 Å². The van der Waals surface area contributed by atoms with Crippen molar-refractivity contribution in [3.05, 3.63) is 54.5 Å². The largest absolute Gasteiger partial charge is 0.487 e. The second-order valence-electron chi connectivity index (χ2n) is 11.6. The van der Waals surface area contributed by atoms with Crippen LogP contribution in [0.4, 0.5) is 11.6 Å². The van der Waals surface area contributed by atoms with E-state index in [1.807, 2.05) is 42.9 Å². The SMILES string of the molecule is CCOCCOc1nn([C@H]2CC[C@H](N3CCOCC3)CC2)cc1Nc1ncc(-c2ccc(Cl)c(O[C@@H](C)Cn3cncn3)c2)cn1. The minimum Gasteiger partial charge on any atom is -0.487 e. The van der Waals surface area contributed by atoms with E-state index >= 15 is 0 Å². The van der Waals surface area contributed by atoms with Crippen LogP contribution < -0.4 is 14.8 Å². The molecule has 14 heteroatoms. The van der Waals surface area contributed by atoms with Crippen molar-refractivity contribution in [2.24, 2.45) is 0 Å². The average molecular weight is 652 g/mol. The fraction of sp³-hybridized carbons (Fsp3) is 0.531. The van der Waals surface area contributed by atoms with E-state index in [1.165, 1.54) is 6.33 Å². The van der Waals surface area contributed by atoms with Gasteiger partial charge in [-0.2, -0.15) is 5.10 Å². The third-order valence-corrected chi connectivity index (χ3v) is 8.69. The Morgan fingerprint density at radius 1 is 1.04 bits per heavy atom. The Kier molecular flexibility index (Phi) is 11.0. The normalized spacial score (nSPS) is 19.5. The van der Waals surface area contributed by atoms with Gasteiger partial charge in [0.25, 0.3) is 5.88 Å². The lowest BCUT2D eigenvalue weighted by molar-refractivity contribution is 0.00502. The molecule has 4 aromatic rings. The number of benzene rings is 1. The third kappa shape index (κ3) is 8.32. The highest BCUT2D eigenvalue weighted by atomic mass is 35.5. The number of nitrogens with one attached hydrogen (secondary N) is 1. The summed E-state index contributed by atoms with van der Waals surface area (Å²) < 4.78 is 27.0. The second kappa shape index (κ2) is 15.7. The predicted molar refractivity (Wildman–Crippen MR) is 174 cm³/mol. The van der Waals surface area contributed by atoms with Gasteiger partial charge >= 0.3 is 0 Å². The first-order valence-electron chi connectivity index (χ1n) is 16.0. The average Bonchev–Trinajstić information content (AvgIpc) is 3.75. The molecular weight excluding hydrogens is 610 g/mol. The minimum atomic E-state index is -0.164. The molecule has 2 fully saturated rings. The first kappa shape index (κ1) is 32.2. The lowest BCUT2D eigenvalue weighted by Crippen LogP contribution is -2.45. The van der Waals surface area contributed by atoms with Gasteiger partial charge in [0.15, 0.2) is 0 Å². The molecule has 1 aliphatic heterocycles. The molecule has 246 valence electrons. The van der Waals surface area contributed by atoms with Crippen molar-refractivity contribution in [3.8, 4) is 22.8 Å². The second-order valence-corrected chi connectivity index (χ2v) is 12.0. The number of anilines is 2. The van der Waals surface area contributed by atoms with E-state index in [0.717, 1.165) is 68.8 Å². The number of rotatable bonds is 14. The Hall–Kier alpha value is -3.78. The zero-order valence-corrected chi connectivity index (χ0v) is 27.2. The van der Waals surface area contributed by atoms with Crippen LogP contribution in [0, 0.1) is 0 Å². The summed E-state index contributed by atoms with van der Waals surface area (Å²) in [6, 6.07) is 6.56. The molecule has 2 aliphatic rings. The van der Waals surface area contributed by atoms with E-state index in [9.17, 15) is 0 Å². The van der Waals surface area contributed by atoms with Crippen molar-refractivity contribution >= 4 is 23.2 Å². The van der Waals surface area contributed by atoms with Crippen LogP contribution in [0.5, 0.6) is 11.6 Å². The number of aromatic nitrogens is 7. The number of nitrogens with zero attached hydrogens (tertiary/aromatic N) is 8. The molecule has 3 aromatic heterocycles. The molecule has 1 N–H and O–H groups in total. The fourth-order valence-corrected chi connectivity index (χ4v) is 6.17. The maximum absolute atomic E-state index is 6.46. The zero-order valence-electron chi connectivity index (χ0n) is 26.4. The Bertz CT molecular complexity index is 1500. The Balaban J connectivity index is 1.12. The molecule has 1 atom stereocenters. The molecule has 13 nitrogen and oxygen atoms in total. The summed E-state index contributed by atoms with van der Waals surface area (Å²) in [6.45, 7) is 9.73. The molecule has 0 radical (unpaired) electrons. The van der Waals surface area contributed by atoms with Crippen LogP contribution in [-0.2, 0) is 16.0 Å². The number of hydrogen-bond acceptors (Lipinski definition) is 11. The first-order chi connectivity index (χ1) is 22.6. The minimum absolute atomic E-state index is 0.164. The first-order valence-corrected chi connectivity index (χ1v) is 16.4. The van der Waals surface area contributed by atoms with E-state index in [-0.39, 0.29) is 6.10 Å². The molecule has 1 saturated carbocycles. The van der Waals surface area contributed by atoms with Crippen LogP contribution >= 0.6 is 11.6 Å². The maximum Gasteiger partial charge on any atom is 0.257 e. The molecule has 0 amide bonds. The quantitative estimate of drug-likeness (QED) is 0.185. The Labute approximate surface area is 274 Å². The standard InChI is InChI=1S/C32H42ClN9O4/c1-3-43-14-15-45-31-29(20-42(39-31)27-7-5-26(6-8-27)40-10-12-44-13-11-40)38-32-35-17-25(18-36-32)24-4-9-28(33)30(16-24)46-23(2)19-41-22-34-21-37-41/h4,9,16-18,20-23,26-27H,3,5-8,10-15,19H2,1-2H3,(H,35,36,38)/t23-,26-,27-/m0/s1. The molecule has 4 heterocycles. The summed E-state index contributed by atoms with van der Waals surface area (Å²) in [5.74, 6) is 1.54. The molecule has 0 spiro atoms. The topological polar surface area (TPSA) is 127 Å². The van der Waals surface area contributed by atoms with Crippen molar-refractivity contribution in [2.45, 2.75) is 64.3 Å². The van der Waals surface area contributed by atoms with Gasteiger partial charge in [-0.25, -0.2) is 19.6 Å². The predicted octanol–water partition coefficient (Wildman–Crippen LogP) is 5.03. The lowest BCUT2D eigenvalue weighted by Gasteiger charge is -2.38. The summed E-state index contributed by atoms with van der Waals surface area (Å²) in [5, 5.41) is 12.8. The van der Waals surface area contributed by atoms with Crippen molar-refractivity contribution in [2.75, 3.05) is 51.4 Å². The monoisotopic (exact) mass is 651 g/mol. The van der Waals surface area contributed by atoms with Gasteiger partial charge in [0.2, 0.25) is 5.95 Å². The van der Waals surface area contributed by atoms with Crippen molar-refractivity contribution in [3.63, 3.8) is 0 Å². The maximum atomic E-state index is 6.46. The van der Waals surface area contributed by atoms with Gasteiger partial charge in [-0.05, 0) is 57.2 Å². The van der Waals surface area contributed by atoms with Crippen LogP contribution in [0.2, 0.25) is 5.02 Å². The number of ether oxygens (including phenoxy) is 4. The van der Waals surface area contributed by atoms with Crippen LogP contribution in [-0.4, -0.2) is 97.7 Å². The Morgan fingerprint density at radius 2 is 1.83 bits per heavy atom. The summed E-state index contributed by atoms with van der Waals surface area (Å²) in [6.07, 6.45) is 13.0. The van der Waals surface area contributed by atoms with Gasteiger partial charge in [-0.3, -0.25) is 9.58 Å². The summed E-state index contributed by atoms with van der Waals surface area (Å²) >= 11 is 6.46. The van der Waals surface area contributed by atoms with E-state index in [0.29, 0.717) is 61.0 Å². The fourth-order valence-electron chi connectivity index (χ4n) is 6.01. The van der Waals surface area contributed by atoms with Crippen LogP contribution in [0.25, 0.3) is 11.1 Å². The van der Waals surface area contributed by atoms with Crippen molar-refractivity contribution < 1.29 is 18.9 Å². The van der Waals surface area contributed by atoms with E-state index in [2.05, 4.69) is 30.3 Å². The van der Waals surface area contributed by atoms with Crippen molar-refractivity contribution in [1.29, 1.82) is 0 Å². The third-order valence-electron chi connectivity index (χ3n) is 8.37. The summed E-state index contributed by atoms with van der Waals surface area (Å²) in [4.78, 5) is 15.8. The highest BCUT2D eigenvalue weighted by Crippen LogP contribution is 2.35. The molecule has 1 aromatic carbocycles. The number of hydrogen-bond donors (Lipinski definition) is 1. The number of morpholine rings is 1. The van der Waals surface area contributed by atoms with Crippen LogP contribution in [0.3, 0.4) is 0 Å². The highest BCUT2D eigenvalue weighted by molar-refractivity contribution is 6.32. The van der Waals surface area contributed by atoms with E-state index in [4.69, 9.17) is 35.6 Å². The smallest absolute Gasteiger partial charge is 0.257 e. The molecule has 1 aliphatic carbocycles. The van der Waals surface area contributed by atoms with E-state index in [1.54, 1.807) is 23.4 Å². The van der Waals surface area contributed by atoms with Gasteiger partial charge in [-0.15, -0.1) is 5.10 Å². The molecular formula is C32H42ClN9O4. The molecule has 6 rings (SSSR count). The summed E-state index contributed by atoms with van der Waals surface area (Å²) in [7, 11) is 0. The molecule has 0 unspecified atom stereocenters. The molecule has 46 heavy (non-hydrogen) atoms. The Morgan fingerprint density at radius 3 is 2.57 bits per heavy atom. The van der Waals surface area contributed by atoms with Crippen LogP contribution in [0.1, 0.15) is 45.6 Å². The molecule has 1 saturated heterocycles. The van der Waals surface area contributed by atoms with Gasteiger partial charge in [-0.1, -0.05) is 17.7 Å². The molecule has 0 bridgehead atoms. The summed E-state index contributed by atoms with van der Waals surface area (Å²) in [5.41, 5.74) is 2.44. The lowest BCUT2D eigenvalue weighted by atomic mass is 9.90. The van der Waals surface area contributed by atoms with Crippen molar-refractivity contribution in [1.82, 2.24) is 39.4 Å². The number of halogens is 1. The van der Waals surface area contributed by atoms with Crippen LogP contribution in [0.15, 0.2) is 49.4 Å². The van der Waals surface area contributed by atoms with Gasteiger partial charge in [0, 0.05) is 43.7 Å². The zero-order chi connectivity index (χ0) is 31.7. The highest BCUT2D eigenvalue weighted by Gasteiger charge is 2.29.